The molecule has 0 amide bonds. The lowest BCUT2D eigenvalue weighted by Gasteiger charge is -2.28. The van der Waals surface area contributed by atoms with Crippen LogP contribution in [0.5, 0.6) is 0 Å². The van der Waals surface area contributed by atoms with Gasteiger partial charge >= 0.3 is 11.9 Å². The summed E-state index contributed by atoms with van der Waals surface area (Å²) in [6.07, 6.45) is 41.3. The lowest BCUT2D eigenvalue weighted by atomic mass is 10.1. The van der Waals surface area contributed by atoms with Crippen molar-refractivity contribution in [1.29, 1.82) is 0 Å². The number of ether oxygens (including phenoxy) is 2. The monoisotopic (exact) mass is 824 g/mol. The Morgan fingerprint density at radius 3 is 1.82 bits per heavy atom. The quantitative estimate of drug-likeness (QED) is 0.0161. The highest BCUT2D eigenvalue weighted by molar-refractivity contribution is 7.45. The van der Waals surface area contributed by atoms with E-state index in [4.69, 9.17) is 18.5 Å². The van der Waals surface area contributed by atoms with E-state index in [-0.39, 0.29) is 26.1 Å². The number of nitrogens with zero attached hydrogens (tertiary/aromatic N) is 1. The van der Waals surface area contributed by atoms with E-state index in [1.807, 2.05) is 33.3 Å². The second-order valence-corrected chi connectivity index (χ2v) is 17.3. The van der Waals surface area contributed by atoms with Crippen LogP contribution in [0, 0.1) is 0 Å². The number of phosphoric ester groups is 1. The third kappa shape index (κ3) is 41.6. The molecule has 0 aliphatic rings. The number of hydrogen-bond donors (Lipinski definition) is 1. The maximum Gasteiger partial charge on any atom is 0.306 e. The van der Waals surface area contributed by atoms with Crippen LogP contribution in [-0.2, 0) is 32.7 Å². The molecule has 0 saturated heterocycles. The van der Waals surface area contributed by atoms with Crippen molar-refractivity contribution in [3.05, 3.63) is 60.8 Å². The molecule has 10 nitrogen and oxygen atoms in total. The standard InChI is InChI=1S/C46H82NO9P/c1-6-8-10-12-14-16-18-20-21-23-25-27-29-31-33-37-46(50)56-44(42-55-57(51,52)54-40-39-47(3,4)5)41-53-45(49)38-34-36-43(48)35-32-30-28-26-24-22-19-17-15-13-11-9-7-2/h15-18,22,24,28,30,32,35,43-44,48H,6-14,19-21,23,25-27,29,31,33-34,36-42H2,1-5H3/b17-15-,18-16-,24-22-,30-28-,35-32+/t43-,44-/m1/s1. The molecule has 1 N–H and O–H groups in total. The summed E-state index contributed by atoms with van der Waals surface area (Å²) in [5.41, 5.74) is 0. The van der Waals surface area contributed by atoms with Gasteiger partial charge in [0, 0.05) is 12.8 Å². The SMILES string of the molecule is CCCCC/C=C\C/C=C\C/C=C\C=C\[C@@H](O)CCCC(=O)OC[C@H](COP(=O)([O-])OCC[N+](C)(C)C)OC(=O)CCCCCCCCC/C=C\CCCCCC. The number of phosphoric acid groups is 1. The van der Waals surface area contributed by atoms with Gasteiger partial charge in [-0.25, -0.2) is 0 Å². The minimum atomic E-state index is -4.67. The number of quaternary nitrogens is 1. The van der Waals surface area contributed by atoms with Crippen LogP contribution in [0.15, 0.2) is 60.8 Å². The molecule has 0 spiro atoms. The number of hydrogen-bond acceptors (Lipinski definition) is 9. The van der Waals surface area contributed by atoms with Crippen LogP contribution in [0.3, 0.4) is 0 Å². The summed E-state index contributed by atoms with van der Waals surface area (Å²) in [5.74, 6) is -1.05. The van der Waals surface area contributed by atoms with Gasteiger partial charge in [0.1, 0.15) is 19.8 Å². The first-order chi connectivity index (χ1) is 27.4. The fourth-order valence-corrected chi connectivity index (χ4v) is 6.30. The lowest BCUT2D eigenvalue weighted by Crippen LogP contribution is -2.37. The molecule has 0 aliphatic carbocycles. The molecular formula is C46H82NO9P. The number of aliphatic hydroxyl groups is 1. The molecular weight excluding hydrogens is 741 g/mol. The lowest BCUT2D eigenvalue weighted by molar-refractivity contribution is -0.870. The molecule has 57 heavy (non-hydrogen) atoms. The molecule has 0 saturated carbocycles. The molecule has 3 atom stereocenters. The Hall–Kier alpha value is -2.33. The molecule has 0 aromatic rings. The average Bonchev–Trinajstić information content (AvgIpc) is 3.15. The largest absolute Gasteiger partial charge is 0.756 e. The van der Waals surface area contributed by atoms with E-state index in [0.717, 1.165) is 44.9 Å². The zero-order chi connectivity index (χ0) is 42.3. The van der Waals surface area contributed by atoms with Crippen molar-refractivity contribution in [3.63, 3.8) is 0 Å². The van der Waals surface area contributed by atoms with Crippen LogP contribution >= 0.6 is 7.82 Å². The Bertz CT molecular complexity index is 1170. The highest BCUT2D eigenvalue weighted by Crippen LogP contribution is 2.38. The summed E-state index contributed by atoms with van der Waals surface area (Å²) in [4.78, 5) is 37.5. The van der Waals surface area contributed by atoms with Gasteiger partial charge in [-0.05, 0) is 70.6 Å². The highest BCUT2D eigenvalue weighted by atomic mass is 31.2. The summed E-state index contributed by atoms with van der Waals surface area (Å²) in [5, 5.41) is 10.3. The van der Waals surface area contributed by atoms with Gasteiger partial charge in [0.05, 0.1) is 33.9 Å². The fourth-order valence-electron chi connectivity index (χ4n) is 5.57. The van der Waals surface area contributed by atoms with Crippen molar-refractivity contribution in [2.24, 2.45) is 0 Å². The number of unbranched alkanes of at least 4 members (excludes halogenated alkanes) is 14. The van der Waals surface area contributed by atoms with Crippen molar-refractivity contribution in [2.45, 2.75) is 174 Å². The third-order valence-electron chi connectivity index (χ3n) is 9.11. The van der Waals surface area contributed by atoms with Crippen LogP contribution in [0.2, 0.25) is 0 Å². The van der Waals surface area contributed by atoms with E-state index in [2.05, 4.69) is 50.3 Å². The van der Waals surface area contributed by atoms with E-state index < -0.39 is 38.6 Å². The van der Waals surface area contributed by atoms with Crippen LogP contribution in [-0.4, -0.2) is 81.2 Å². The van der Waals surface area contributed by atoms with E-state index in [1.54, 1.807) is 12.2 Å². The summed E-state index contributed by atoms with van der Waals surface area (Å²) in [6, 6.07) is 0. The third-order valence-corrected chi connectivity index (χ3v) is 10.1. The minimum absolute atomic E-state index is 0.0458. The Morgan fingerprint density at radius 2 is 1.18 bits per heavy atom. The number of esters is 2. The highest BCUT2D eigenvalue weighted by Gasteiger charge is 2.22. The zero-order valence-corrected chi connectivity index (χ0v) is 37.5. The summed E-state index contributed by atoms with van der Waals surface area (Å²) in [6.45, 7) is 3.94. The van der Waals surface area contributed by atoms with E-state index in [0.29, 0.717) is 30.3 Å². The Balaban J connectivity index is 4.57. The first-order valence-corrected chi connectivity index (χ1v) is 23.6. The summed E-state index contributed by atoms with van der Waals surface area (Å²) < 4.78 is 33.7. The molecule has 0 aromatic heterocycles. The minimum Gasteiger partial charge on any atom is -0.756 e. The number of rotatable bonds is 39. The molecule has 0 aromatic carbocycles. The second kappa shape index (κ2) is 37.9. The molecule has 0 fully saturated rings. The Kier molecular flexibility index (Phi) is 36.4. The number of carbonyl (C=O) groups excluding carboxylic acids is 2. The number of likely N-dealkylation sites (N-methyl/N-ethyl adjacent to an activating group) is 1. The van der Waals surface area contributed by atoms with Crippen LogP contribution in [0.25, 0.3) is 0 Å². The predicted molar refractivity (Wildman–Crippen MR) is 232 cm³/mol. The Labute approximate surface area is 348 Å². The fraction of sp³-hybridized carbons (Fsp3) is 0.739. The summed E-state index contributed by atoms with van der Waals surface area (Å²) in [7, 11) is 1.05. The average molecular weight is 824 g/mol. The van der Waals surface area contributed by atoms with Gasteiger partial charge in [-0.2, -0.15) is 0 Å². The van der Waals surface area contributed by atoms with E-state index in [9.17, 15) is 24.2 Å². The van der Waals surface area contributed by atoms with Crippen molar-refractivity contribution in [2.75, 3.05) is 47.5 Å². The van der Waals surface area contributed by atoms with Gasteiger partial charge in [-0.1, -0.05) is 139 Å². The number of aliphatic hydroxyl groups excluding tert-OH is 1. The smallest absolute Gasteiger partial charge is 0.306 e. The molecule has 0 radical (unpaired) electrons. The maximum atomic E-state index is 12.7. The number of carbonyl (C=O) groups is 2. The maximum absolute atomic E-state index is 12.7. The van der Waals surface area contributed by atoms with Gasteiger partial charge in [-0.15, -0.1) is 0 Å². The van der Waals surface area contributed by atoms with Gasteiger partial charge in [0.25, 0.3) is 7.82 Å². The summed E-state index contributed by atoms with van der Waals surface area (Å²) >= 11 is 0. The molecule has 1 unspecified atom stereocenters. The molecule has 330 valence electrons. The van der Waals surface area contributed by atoms with Crippen LogP contribution in [0.1, 0.15) is 162 Å². The zero-order valence-electron chi connectivity index (χ0n) is 36.6. The molecule has 0 bridgehead atoms. The van der Waals surface area contributed by atoms with Gasteiger partial charge in [0.15, 0.2) is 6.10 Å². The van der Waals surface area contributed by atoms with Gasteiger partial charge in [0.2, 0.25) is 0 Å². The van der Waals surface area contributed by atoms with Crippen LogP contribution in [0.4, 0.5) is 0 Å². The molecule has 0 aliphatic heterocycles. The van der Waals surface area contributed by atoms with Crippen LogP contribution < -0.4 is 4.89 Å². The normalized spacial score (nSPS) is 14.7. The molecule has 0 heterocycles. The van der Waals surface area contributed by atoms with Crippen molar-refractivity contribution in [3.8, 4) is 0 Å². The first kappa shape index (κ1) is 54.7. The second-order valence-electron chi connectivity index (χ2n) is 15.9. The number of allylic oxidation sites excluding steroid dienone is 9. The van der Waals surface area contributed by atoms with Gasteiger partial charge < -0.3 is 33.0 Å². The molecule has 0 rings (SSSR count). The van der Waals surface area contributed by atoms with Crippen molar-refractivity contribution < 1.29 is 47.2 Å². The van der Waals surface area contributed by atoms with E-state index >= 15 is 0 Å². The van der Waals surface area contributed by atoms with Crippen molar-refractivity contribution in [1.82, 2.24) is 0 Å². The van der Waals surface area contributed by atoms with Gasteiger partial charge in [-0.3, -0.25) is 14.2 Å². The first-order valence-electron chi connectivity index (χ1n) is 22.1. The Morgan fingerprint density at radius 1 is 0.649 bits per heavy atom. The van der Waals surface area contributed by atoms with Crippen molar-refractivity contribution >= 4 is 19.8 Å². The molecule has 11 heteroatoms. The topological polar surface area (TPSA) is 131 Å². The predicted octanol–water partition coefficient (Wildman–Crippen LogP) is 10.8. The van der Waals surface area contributed by atoms with E-state index in [1.165, 1.54) is 70.6 Å².